The molecule has 0 bridgehead atoms. The maximum atomic E-state index is 12.4. The molecule has 6 aromatic rings. The SMILES string of the molecule is CC.FC(F)(F)Oc1cccc(SNC2CCN(Cc3ccc(OC4CCOCC4)cc3)C2)c1.c1ccc(Sc2csc(SNC3CCN(Cc4ccc(-c5ccccc5)cc4)C3)c2)cc1. The summed E-state index contributed by atoms with van der Waals surface area (Å²) in [6.45, 7) is 11.5. The number of hydrogen-bond donors (Lipinski definition) is 2. The van der Waals surface area contributed by atoms with Gasteiger partial charge in [-0.05, 0) is 108 Å². The molecule has 0 saturated carbocycles. The molecular formula is C52H59F3N4O3S4. The molecule has 0 amide bonds. The number of halogens is 3. The van der Waals surface area contributed by atoms with Crippen LogP contribution >= 0.6 is 47.0 Å². The van der Waals surface area contributed by atoms with Gasteiger partial charge in [-0.25, -0.2) is 0 Å². The van der Waals surface area contributed by atoms with Crippen molar-refractivity contribution >= 4 is 47.0 Å². The van der Waals surface area contributed by atoms with Gasteiger partial charge in [0.25, 0.3) is 0 Å². The lowest BCUT2D eigenvalue weighted by atomic mass is 10.0. The summed E-state index contributed by atoms with van der Waals surface area (Å²) in [6.07, 6.45) is -0.401. The minimum Gasteiger partial charge on any atom is -0.490 e. The maximum Gasteiger partial charge on any atom is 0.573 e. The van der Waals surface area contributed by atoms with Crippen molar-refractivity contribution in [2.24, 2.45) is 0 Å². The lowest BCUT2D eigenvalue weighted by Gasteiger charge is -2.23. The van der Waals surface area contributed by atoms with Crippen molar-refractivity contribution < 1.29 is 27.4 Å². The van der Waals surface area contributed by atoms with Gasteiger partial charge < -0.3 is 14.2 Å². The second-order valence-corrected chi connectivity index (χ2v) is 20.2. The van der Waals surface area contributed by atoms with Gasteiger partial charge in [0.1, 0.15) is 17.6 Å². The van der Waals surface area contributed by atoms with Gasteiger partial charge in [0.05, 0.1) is 17.4 Å². The van der Waals surface area contributed by atoms with Crippen LogP contribution in [0.1, 0.15) is 50.7 Å². The first-order chi connectivity index (χ1) is 32.2. The van der Waals surface area contributed by atoms with Crippen LogP contribution in [0, 0.1) is 0 Å². The Morgan fingerprint density at radius 1 is 0.621 bits per heavy atom. The lowest BCUT2D eigenvalue weighted by molar-refractivity contribution is -0.274. The first-order valence-electron chi connectivity index (χ1n) is 22.7. The number of nitrogens with zero attached hydrogens (tertiary/aromatic N) is 2. The molecule has 3 fully saturated rings. The van der Waals surface area contributed by atoms with Crippen LogP contribution < -0.4 is 18.9 Å². The topological polar surface area (TPSA) is 58.2 Å². The third kappa shape index (κ3) is 16.7. The molecule has 7 nitrogen and oxygen atoms in total. The smallest absolute Gasteiger partial charge is 0.490 e. The molecule has 0 spiro atoms. The Bertz CT molecular complexity index is 2300. The summed E-state index contributed by atoms with van der Waals surface area (Å²) in [5.41, 5.74) is 5.18. The van der Waals surface area contributed by atoms with E-state index in [4.69, 9.17) is 9.47 Å². The standard InChI is InChI=1S/C27H26N2S3.C23H27F3N2O3S.C2H6/c1-3-7-22(8-4-1)23-13-11-21(12-14-23)18-29-16-15-24(19-29)28-32-27-17-26(20-30-27)31-25-9-5-2-6-10-25;24-23(25,26)31-21-2-1-3-22(14-21)32-27-18-8-11-28(16-18)15-17-4-6-19(7-5-17)30-20-9-12-29-13-10-20;1-2/h1-14,17,20,24,28H,15-16,18-19H2;1-7,14,18,20,27H,8-13,15-16H2;1-2H3. The van der Waals surface area contributed by atoms with Gasteiger partial charge in [0.2, 0.25) is 0 Å². The highest BCUT2D eigenvalue weighted by molar-refractivity contribution is 8.00. The van der Waals surface area contributed by atoms with Crippen LogP contribution in [0.15, 0.2) is 164 Å². The predicted molar refractivity (Wildman–Crippen MR) is 267 cm³/mol. The fourth-order valence-corrected chi connectivity index (χ4v) is 11.5. The van der Waals surface area contributed by atoms with Gasteiger partial charge >= 0.3 is 6.36 Å². The van der Waals surface area contributed by atoms with E-state index in [-0.39, 0.29) is 17.9 Å². The Morgan fingerprint density at radius 3 is 1.83 bits per heavy atom. The Hall–Kier alpha value is -3.96. The monoisotopic (exact) mass is 972 g/mol. The van der Waals surface area contributed by atoms with Crippen molar-refractivity contribution in [2.45, 2.75) is 96.1 Å². The molecule has 2 atom stereocenters. The molecule has 2 N–H and O–H groups in total. The molecule has 0 radical (unpaired) electrons. The Kier molecular flexibility index (Phi) is 19.7. The summed E-state index contributed by atoms with van der Waals surface area (Å²) in [6, 6.07) is 47.6. The lowest BCUT2D eigenvalue weighted by Crippen LogP contribution is -2.28. The van der Waals surface area contributed by atoms with Crippen molar-refractivity contribution in [3.8, 4) is 22.6 Å². The van der Waals surface area contributed by atoms with Crippen molar-refractivity contribution in [3.63, 3.8) is 0 Å². The number of thiophene rings is 1. The van der Waals surface area contributed by atoms with Gasteiger partial charge in [-0.1, -0.05) is 117 Å². The zero-order chi connectivity index (χ0) is 46.0. The van der Waals surface area contributed by atoms with Crippen molar-refractivity contribution in [1.82, 2.24) is 19.2 Å². The number of hydrogen-bond acceptors (Lipinski definition) is 11. The fourth-order valence-electron chi connectivity index (χ4n) is 7.81. The molecule has 3 aliphatic heterocycles. The van der Waals surface area contributed by atoms with E-state index < -0.39 is 6.36 Å². The van der Waals surface area contributed by atoms with E-state index in [2.05, 4.69) is 132 Å². The molecule has 1 aromatic heterocycles. The second-order valence-electron chi connectivity index (χ2n) is 16.1. The molecule has 9 rings (SSSR count). The van der Waals surface area contributed by atoms with Crippen molar-refractivity contribution in [1.29, 1.82) is 0 Å². The normalized spacial score (nSPS) is 18.0. The van der Waals surface area contributed by atoms with E-state index in [1.165, 1.54) is 66.8 Å². The van der Waals surface area contributed by atoms with E-state index in [1.54, 1.807) is 24.1 Å². The molecule has 66 heavy (non-hydrogen) atoms. The Labute approximate surface area is 405 Å². The fraction of sp³-hybridized carbons (Fsp3) is 0.346. The molecule has 3 aliphatic rings. The molecule has 5 aromatic carbocycles. The minimum absolute atomic E-state index is 0.207. The highest BCUT2D eigenvalue weighted by Gasteiger charge is 2.31. The Morgan fingerprint density at radius 2 is 1.20 bits per heavy atom. The van der Waals surface area contributed by atoms with E-state index in [0.29, 0.717) is 10.9 Å². The summed E-state index contributed by atoms with van der Waals surface area (Å²) in [5, 5.41) is 2.25. The van der Waals surface area contributed by atoms with Gasteiger partial charge in [0.15, 0.2) is 0 Å². The van der Waals surface area contributed by atoms with Crippen LogP contribution in [0.3, 0.4) is 0 Å². The number of alkyl halides is 3. The van der Waals surface area contributed by atoms with Crippen LogP contribution in [0.2, 0.25) is 0 Å². The van der Waals surface area contributed by atoms with Gasteiger partial charge in [-0.2, -0.15) is 0 Å². The predicted octanol–water partition coefficient (Wildman–Crippen LogP) is 13.5. The van der Waals surface area contributed by atoms with Crippen LogP contribution in [-0.4, -0.2) is 73.7 Å². The van der Waals surface area contributed by atoms with Crippen molar-refractivity contribution in [2.75, 3.05) is 39.4 Å². The van der Waals surface area contributed by atoms with Gasteiger partial charge in [-0.3, -0.25) is 19.2 Å². The Balaban J connectivity index is 0.000000189. The zero-order valence-electron chi connectivity index (χ0n) is 37.5. The number of ether oxygens (including phenoxy) is 3. The average molecular weight is 973 g/mol. The van der Waals surface area contributed by atoms with Gasteiger partial charge in [0, 0.05) is 84.3 Å². The summed E-state index contributed by atoms with van der Waals surface area (Å²) < 4.78 is 61.0. The van der Waals surface area contributed by atoms with Crippen LogP contribution in [0.25, 0.3) is 11.1 Å². The van der Waals surface area contributed by atoms with Crippen LogP contribution in [0.4, 0.5) is 13.2 Å². The van der Waals surface area contributed by atoms with E-state index in [1.807, 2.05) is 49.1 Å². The number of benzene rings is 5. The molecule has 2 unspecified atom stereocenters. The number of likely N-dealkylation sites (tertiary alicyclic amines) is 2. The third-order valence-corrected chi connectivity index (χ3v) is 15.2. The number of nitrogens with one attached hydrogen (secondary N) is 2. The first kappa shape index (κ1) is 49.9. The first-order valence-corrected chi connectivity index (χ1v) is 26.0. The number of rotatable bonds is 16. The molecule has 350 valence electrons. The average Bonchev–Trinajstić information content (AvgIpc) is 4.12. The van der Waals surface area contributed by atoms with Gasteiger partial charge in [-0.15, -0.1) is 24.5 Å². The van der Waals surface area contributed by atoms with Crippen molar-refractivity contribution in [3.05, 3.63) is 156 Å². The molecule has 14 heteroatoms. The van der Waals surface area contributed by atoms with Crippen LogP contribution in [-0.2, 0) is 17.8 Å². The highest BCUT2D eigenvalue weighted by atomic mass is 32.2. The second kappa shape index (κ2) is 26.0. The quantitative estimate of drug-likeness (QED) is 0.0917. The summed E-state index contributed by atoms with van der Waals surface area (Å²) in [5.74, 6) is 0.691. The summed E-state index contributed by atoms with van der Waals surface area (Å²) in [4.78, 5) is 8.22. The summed E-state index contributed by atoms with van der Waals surface area (Å²) >= 11 is 6.77. The molecule has 4 heterocycles. The van der Waals surface area contributed by atoms with E-state index >= 15 is 0 Å². The zero-order valence-corrected chi connectivity index (χ0v) is 40.7. The van der Waals surface area contributed by atoms with Crippen LogP contribution in [0.5, 0.6) is 11.5 Å². The molecule has 0 aliphatic carbocycles. The molecular weight excluding hydrogens is 914 g/mol. The molecule has 3 saturated heterocycles. The largest absolute Gasteiger partial charge is 0.573 e. The highest BCUT2D eigenvalue weighted by Crippen LogP contribution is 2.35. The maximum absolute atomic E-state index is 12.4. The summed E-state index contributed by atoms with van der Waals surface area (Å²) in [7, 11) is 0. The van der Waals surface area contributed by atoms with E-state index in [0.717, 1.165) is 77.5 Å². The third-order valence-electron chi connectivity index (χ3n) is 11.1. The minimum atomic E-state index is -4.68. The van der Waals surface area contributed by atoms with E-state index in [9.17, 15) is 13.2 Å².